The standard InChI is InChI=1S/C15H17NO2/c1-3-17-12-7-5-11-6-8-15(18-4-2)14(10-16)13(11)9-12/h5-10,16H,3-4H2,1-2H3. The molecule has 0 spiro atoms. The first kappa shape index (κ1) is 12.4. The van der Waals surface area contributed by atoms with Crippen molar-refractivity contribution in [3.63, 3.8) is 0 Å². The number of rotatable bonds is 5. The summed E-state index contributed by atoms with van der Waals surface area (Å²) in [5.74, 6) is 1.57. The molecule has 0 saturated heterocycles. The predicted octanol–water partition coefficient (Wildman–Crippen LogP) is 3.63. The molecule has 0 atom stereocenters. The minimum atomic E-state index is 0.595. The van der Waals surface area contributed by atoms with Gasteiger partial charge in [0.25, 0.3) is 0 Å². The number of fused-ring (bicyclic) bond motifs is 1. The highest BCUT2D eigenvalue weighted by molar-refractivity contribution is 6.02. The van der Waals surface area contributed by atoms with Gasteiger partial charge in [-0.2, -0.15) is 0 Å². The van der Waals surface area contributed by atoms with E-state index in [1.807, 2.05) is 44.2 Å². The first-order valence-electron chi connectivity index (χ1n) is 6.13. The normalized spacial score (nSPS) is 10.3. The van der Waals surface area contributed by atoms with Crippen LogP contribution in [0, 0.1) is 5.41 Å². The lowest BCUT2D eigenvalue weighted by Crippen LogP contribution is -1.97. The van der Waals surface area contributed by atoms with Crippen molar-refractivity contribution in [1.82, 2.24) is 0 Å². The van der Waals surface area contributed by atoms with Crippen LogP contribution in [0.2, 0.25) is 0 Å². The Morgan fingerprint density at radius 1 is 1.06 bits per heavy atom. The van der Waals surface area contributed by atoms with Gasteiger partial charge in [0.05, 0.1) is 13.2 Å². The zero-order valence-electron chi connectivity index (χ0n) is 10.7. The molecule has 94 valence electrons. The molecule has 0 aromatic heterocycles. The van der Waals surface area contributed by atoms with Gasteiger partial charge in [-0.3, -0.25) is 0 Å². The van der Waals surface area contributed by atoms with E-state index in [1.165, 1.54) is 6.21 Å². The maximum Gasteiger partial charge on any atom is 0.128 e. The van der Waals surface area contributed by atoms with E-state index in [-0.39, 0.29) is 0 Å². The molecule has 2 aromatic rings. The van der Waals surface area contributed by atoms with E-state index in [9.17, 15) is 0 Å². The molecule has 0 heterocycles. The molecule has 2 rings (SSSR count). The Bertz CT molecular complexity index is 558. The fourth-order valence-electron chi connectivity index (χ4n) is 1.99. The fraction of sp³-hybridized carbons (Fsp3) is 0.267. The van der Waals surface area contributed by atoms with Crippen molar-refractivity contribution in [2.75, 3.05) is 13.2 Å². The molecule has 2 aromatic carbocycles. The van der Waals surface area contributed by atoms with Crippen molar-refractivity contribution < 1.29 is 9.47 Å². The van der Waals surface area contributed by atoms with Gasteiger partial charge in [0.2, 0.25) is 0 Å². The van der Waals surface area contributed by atoms with Crippen LogP contribution in [0.3, 0.4) is 0 Å². The highest BCUT2D eigenvalue weighted by Gasteiger charge is 2.07. The van der Waals surface area contributed by atoms with E-state index in [0.717, 1.165) is 27.8 Å². The second-order valence-corrected chi connectivity index (χ2v) is 3.87. The van der Waals surface area contributed by atoms with E-state index < -0.39 is 0 Å². The number of benzene rings is 2. The molecule has 0 bridgehead atoms. The van der Waals surface area contributed by atoms with Gasteiger partial charge >= 0.3 is 0 Å². The van der Waals surface area contributed by atoms with Gasteiger partial charge in [-0.05, 0) is 42.8 Å². The average Bonchev–Trinajstić information content (AvgIpc) is 2.39. The molecule has 0 aliphatic heterocycles. The fourth-order valence-corrected chi connectivity index (χ4v) is 1.99. The van der Waals surface area contributed by atoms with Gasteiger partial charge in [-0.25, -0.2) is 0 Å². The van der Waals surface area contributed by atoms with Crippen LogP contribution >= 0.6 is 0 Å². The van der Waals surface area contributed by atoms with Crippen LogP contribution in [0.4, 0.5) is 0 Å². The average molecular weight is 243 g/mol. The molecule has 1 N–H and O–H groups in total. The highest BCUT2D eigenvalue weighted by atomic mass is 16.5. The van der Waals surface area contributed by atoms with E-state index in [4.69, 9.17) is 14.9 Å². The smallest absolute Gasteiger partial charge is 0.128 e. The first-order chi connectivity index (χ1) is 8.80. The molecule has 3 heteroatoms. The topological polar surface area (TPSA) is 42.3 Å². The highest BCUT2D eigenvalue weighted by Crippen LogP contribution is 2.29. The molecule has 0 saturated carbocycles. The van der Waals surface area contributed by atoms with Crippen molar-refractivity contribution in [3.05, 3.63) is 35.9 Å². The maximum absolute atomic E-state index is 7.57. The Morgan fingerprint density at radius 2 is 1.78 bits per heavy atom. The summed E-state index contributed by atoms with van der Waals surface area (Å²) in [6.45, 7) is 5.13. The zero-order chi connectivity index (χ0) is 13.0. The lowest BCUT2D eigenvalue weighted by Gasteiger charge is -2.11. The van der Waals surface area contributed by atoms with Gasteiger partial charge < -0.3 is 14.9 Å². The monoisotopic (exact) mass is 243 g/mol. The van der Waals surface area contributed by atoms with Crippen LogP contribution < -0.4 is 9.47 Å². The largest absolute Gasteiger partial charge is 0.494 e. The summed E-state index contributed by atoms with van der Waals surface area (Å²) >= 11 is 0. The summed E-state index contributed by atoms with van der Waals surface area (Å²) in [5, 5.41) is 9.64. The van der Waals surface area contributed by atoms with Crippen molar-refractivity contribution in [3.8, 4) is 11.5 Å². The van der Waals surface area contributed by atoms with E-state index in [2.05, 4.69) is 0 Å². The Labute approximate surface area is 107 Å². The van der Waals surface area contributed by atoms with Crippen LogP contribution in [0.5, 0.6) is 11.5 Å². The molecule has 0 aliphatic rings. The van der Waals surface area contributed by atoms with Crippen LogP contribution in [0.25, 0.3) is 10.8 Å². The Morgan fingerprint density at radius 3 is 2.44 bits per heavy atom. The second kappa shape index (κ2) is 5.54. The molecular formula is C15H17NO2. The third-order valence-electron chi connectivity index (χ3n) is 2.75. The second-order valence-electron chi connectivity index (χ2n) is 3.87. The van der Waals surface area contributed by atoms with Crippen molar-refractivity contribution in [2.45, 2.75) is 13.8 Å². The van der Waals surface area contributed by atoms with Gasteiger partial charge in [0.1, 0.15) is 11.5 Å². The van der Waals surface area contributed by atoms with Gasteiger partial charge in [0.15, 0.2) is 0 Å². The van der Waals surface area contributed by atoms with Crippen LogP contribution in [0.15, 0.2) is 30.3 Å². The Hall–Kier alpha value is -2.03. The maximum atomic E-state index is 7.57. The van der Waals surface area contributed by atoms with Crippen LogP contribution in [-0.2, 0) is 0 Å². The lowest BCUT2D eigenvalue weighted by atomic mass is 10.0. The SMILES string of the molecule is CCOc1ccc2ccc(OCC)c(C=N)c2c1. The Kier molecular flexibility index (Phi) is 3.82. The summed E-state index contributed by atoms with van der Waals surface area (Å²) < 4.78 is 11.0. The molecule has 0 amide bonds. The van der Waals surface area contributed by atoms with Crippen molar-refractivity contribution in [2.24, 2.45) is 0 Å². The molecular weight excluding hydrogens is 226 g/mol. The number of hydrogen-bond acceptors (Lipinski definition) is 3. The molecule has 0 unspecified atom stereocenters. The molecule has 0 radical (unpaired) electrons. The first-order valence-corrected chi connectivity index (χ1v) is 6.13. The molecule has 18 heavy (non-hydrogen) atoms. The lowest BCUT2D eigenvalue weighted by molar-refractivity contribution is 0.339. The summed E-state index contributed by atoms with van der Waals surface area (Å²) in [7, 11) is 0. The number of nitrogens with one attached hydrogen (secondary N) is 1. The predicted molar refractivity (Wildman–Crippen MR) is 74.2 cm³/mol. The zero-order valence-corrected chi connectivity index (χ0v) is 10.7. The van der Waals surface area contributed by atoms with Gasteiger partial charge in [-0.1, -0.05) is 12.1 Å². The molecule has 0 fully saturated rings. The number of hydrogen-bond donors (Lipinski definition) is 1. The van der Waals surface area contributed by atoms with E-state index in [0.29, 0.717) is 13.2 Å². The summed E-state index contributed by atoms with van der Waals surface area (Å²) in [6.07, 6.45) is 1.34. The van der Waals surface area contributed by atoms with Crippen LogP contribution in [-0.4, -0.2) is 19.4 Å². The number of ether oxygens (including phenoxy) is 2. The minimum absolute atomic E-state index is 0.595. The van der Waals surface area contributed by atoms with Gasteiger partial charge in [-0.15, -0.1) is 0 Å². The van der Waals surface area contributed by atoms with Crippen LogP contribution in [0.1, 0.15) is 19.4 Å². The van der Waals surface area contributed by atoms with E-state index in [1.54, 1.807) is 0 Å². The minimum Gasteiger partial charge on any atom is -0.494 e. The van der Waals surface area contributed by atoms with Gasteiger partial charge in [0, 0.05) is 11.8 Å². The molecule has 0 aliphatic carbocycles. The Balaban J connectivity index is 2.60. The van der Waals surface area contributed by atoms with Crippen molar-refractivity contribution in [1.29, 1.82) is 5.41 Å². The van der Waals surface area contributed by atoms with Crippen molar-refractivity contribution >= 4 is 17.0 Å². The van der Waals surface area contributed by atoms with E-state index >= 15 is 0 Å². The third kappa shape index (κ3) is 2.30. The third-order valence-corrected chi connectivity index (χ3v) is 2.75. The summed E-state index contributed by atoms with van der Waals surface area (Å²) in [4.78, 5) is 0. The summed E-state index contributed by atoms with van der Waals surface area (Å²) in [5.41, 5.74) is 0.802. The summed E-state index contributed by atoms with van der Waals surface area (Å²) in [6, 6.07) is 9.82. The quantitative estimate of drug-likeness (QED) is 0.815. The molecule has 3 nitrogen and oxygen atoms in total.